The van der Waals surface area contributed by atoms with Gasteiger partial charge in [-0.25, -0.2) is 9.97 Å². The van der Waals surface area contributed by atoms with Crippen LogP contribution in [0.15, 0.2) is 19.0 Å². The van der Waals surface area contributed by atoms with Gasteiger partial charge in [0.2, 0.25) is 5.95 Å². The molecule has 1 saturated carbocycles. The molecule has 2 aliphatic rings. The molecule has 4 nitrogen and oxygen atoms in total. The normalized spacial score (nSPS) is 26.6. The number of nitrogens with zero attached hydrogens (tertiary/aromatic N) is 3. The van der Waals surface area contributed by atoms with Crippen LogP contribution < -0.4 is 4.90 Å². The number of piperidine rings is 1. The van der Waals surface area contributed by atoms with Crippen molar-refractivity contribution in [2.24, 2.45) is 17.8 Å². The van der Waals surface area contributed by atoms with Crippen molar-refractivity contribution in [3.63, 3.8) is 0 Å². The molecule has 2 fully saturated rings. The highest BCUT2D eigenvalue weighted by molar-refractivity contribution is 5.59. The molecule has 20 heavy (non-hydrogen) atoms. The number of anilines is 1. The largest absolute Gasteiger partial charge is 0.396 e. The summed E-state index contributed by atoms with van der Waals surface area (Å²) >= 11 is 0. The maximum atomic E-state index is 9.17. The van der Waals surface area contributed by atoms with Gasteiger partial charge in [0.05, 0.1) is 0 Å². The first-order chi connectivity index (χ1) is 9.69. The van der Waals surface area contributed by atoms with Crippen molar-refractivity contribution in [1.29, 1.82) is 0 Å². The minimum Gasteiger partial charge on any atom is -0.396 e. The van der Waals surface area contributed by atoms with Crippen molar-refractivity contribution in [2.45, 2.75) is 26.2 Å². The van der Waals surface area contributed by atoms with Gasteiger partial charge >= 0.3 is 0 Å². The lowest BCUT2D eigenvalue weighted by Gasteiger charge is -2.32. The Kier molecular flexibility index (Phi) is 3.74. The molecule has 4 heteroatoms. The van der Waals surface area contributed by atoms with Crippen LogP contribution in [0.4, 0.5) is 5.95 Å². The summed E-state index contributed by atoms with van der Waals surface area (Å²) in [5.74, 6) is 2.98. The van der Waals surface area contributed by atoms with E-state index in [1.165, 1.54) is 19.3 Å². The van der Waals surface area contributed by atoms with Gasteiger partial charge in [0.25, 0.3) is 0 Å². The fraction of sp³-hybridized carbons (Fsp3) is 0.625. The first-order valence-electron chi connectivity index (χ1n) is 7.52. The van der Waals surface area contributed by atoms with E-state index in [0.717, 1.165) is 42.0 Å². The zero-order chi connectivity index (χ0) is 14.1. The van der Waals surface area contributed by atoms with Crippen LogP contribution in [0.25, 0.3) is 5.57 Å². The zero-order valence-corrected chi connectivity index (χ0v) is 12.1. The first-order valence-corrected chi connectivity index (χ1v) is 7.52. The number of aliphatic hydroxyl groups is 1. The second-order valence-electron chi connectivity index (χ2n) is 6.22. The summed E-state index contributed by atoms with van der Waals surface area (Å²) in [6.07, 6.45) is 7.35. The molecule has 0 unspecified atom stereocenters. The van der Waals surface area contributed by atoms with Crippen molar-refractivity contribution in [3.8, 4) is 0 Å². The third-order valence-corrected chi connectivity index (χ3v) is 4.77. The van der Waals surface area contributed by atoms with E-state index in [4.69, 9.17) is 0 Å². The maximum absolute atomic E-state index is 9.17. The Hall–Kier alpha value is -1.42. The monoisotopic (exact) mass is 273 g/mol. The summed E-state index contributed by atoms with van der Waals surface area (Å²) in [6.45, 7) is 8.31. The van der Waals surface area contributed by atoms with E-state index < -0.39 is 0 Å². The Morgan fingerprint density at radius 3 is 2.50 bits per heavy atom. The summed E-state index contributed by atoms with van der Waals surface area (Å²) in [4.78, 5) is 11.2. The lowest BCUT2D eigenvalue weighted by atomic mass is 9.91. The minimum atomic E-state index is 0.371. The summed E-state index contributed by atoms with van der Waals surface area (Å²) in [5, 5.41) is 9.17. The third kappa shape index (κ3) is 2.70. The SMILES string of the molecule is C=C(C)c1cnc(N2CCC([C@H]3C[C@H]3CO)CC2)nc1. The smallest absolute Gasteiger partial charge is 0.225 e. The van der Waals surface area contributed by atoms with Crippen molar-refractivity contribution >= 4 is 11.5 Å². The number of rotatable bonds is 4. The summed E-state index contributed by atoms with van der Waals surface area (Å²) in [7, 11) is 0. The molecular formula is C16H23N3O. The van der Waals surface area contributed by atoms with Crippen LogP contribution in [0, 0.1) is 17.8 Å². The van der Waals surface area contributed by atoms with Crippen LogP contribution in [0.2, 0.25) is 0 Å². The molecule has 0 amide bonds. The molecule has 2 atom stereocenters. The van der Waals surface area contributed by atoms with Gasteiger partial charge in [-0.2, -0.15) is 0 Å². The van der Waals surface area contributed by atoms with Crippen LogP contribution in [0.1, 0.15) is 31.7 Å². The average Bonchev–Trinajstić information content (AvgIpc) is 3.27. The number of hydrogen-bond acceptors (Lipinski definition) is 4. The standard InChI is InChI=1S/C16H23N3O/c1-11(2)14-8-17-16(18-9-14)19-5-3-12(4-6-19)15-7-13(15)10-20/h8-9,12-13,15,20H,1,3-7,10H2,2H3/t13-,15+/m0/s1. The van der Waals surface area contributed by atoms with Crippen molar-refractivity contribution in [2.75, 3.05) is 24.6 Å². The number of hydrogen-bond donors (Lipinski definition) is 1. The summed E-state index contributed by atoms with van der Waals surface area (Å²) in [5.41, 5.74) is 2.01. The zero-order valence-electron chi connectivity index (χ0n) is 12.1. The second kappa shape index (κ2) is 5.52. The highest BCUT2D eigenvalue weighted by Gasteiger charge is 2.43. The van der Waals surface area contributed by atoms with Gasteiger partial charge in [0, 0.05) is 37.7 Å². The van der Waals surface area contributed by atoms with Crippen LogP contribution in [-0.2, 0) is 0 Å². The Morgan fingerprint density at radius 1 is 1.35 bits per heavy atom. The molecule has 1 N–H and O–H groups in total. The van der Waals surface area contributed by atoms with Gasteiger partial charge in [0.1, 0.15) is 0 Å². The highest BCUT2D eigenvalue weighted by atomic mass is 16.3. The molecule has 1 aliphatic heterocycles. The Bertz CT molecular complexity index is 477. The minimum absolute atomic E-state index is 0.371. The van der Waals surface area contributed by atoms with E-state index in [9.17, 15) is 5.11 Å². The number of aliphatic hydroxyl groups excluding tert-OH is 1. The van der Waals surface area contributed by atoms with E-state index in [-0.39, 0.29) is 0 Å². The molecule has 2 heterocycles. The van der Waals surface area contributed by atoms with E-state index >= 15 is 0 Å². The summed E-state index contributed by atoms with van der Waals surface area (Å²) < 4.78 is 0. The van der Waals surface area contributed by atoms with Gasteiger partial charge in [0.15, 0.2) is 0 Å². The maximum Gasteiger partial charge on any atom is 0.225 e. The number of allylic oxidation sites excluding steroid dienone is 1. The van der Waals surface area contributed by atoms with Gasteiger partial charge in [-0.15, -0.1) is 0 Å². The molecule has 1 aromatic rings. The lowest BCUT2D eigenvalue weighted by Crippen LogP contribution is -2.35. The molecule has 108 valence electrons. The van der Waals surface area contributed by atoms with Crippen LogP contribution in [-0.4, -0.2) is 34.8 Å². The Labute approximate surface area is 120 Å². The van der Waals surface area contributed by atoms with E-state index in [1.807, 2.05) is 19.3 Å². The number of aromatic nitrogens is 2. The van der Waals surface area contributed by atoms with E-state index in [0.29, 0.717) is 12.5 Å². The quantitative estimate of drug-likeness (QED) is 0.915. The Morgan fingerprint density at radius 2 is 2.00 bits per heavy atom. The van der Waals surface area contributed by atoms with Crippen LogP contribution in [0.5, 0.6) is 0 Å². The molecule has 0 bridgehead atoms. The molecule has 0 radical (unpaired) electrons. The lowest BCUT2D eigenvalue weighted by molar-refractivity contribution is 0.248. The molecule has 1 saturated heterocycles. The van der Waals surface area contributed by atoms with Gasteiger partial charge < -0.3 is 10.0 Å². The van der Waals surface area contributed by atoms with Gasteiger partial charge in [-0.05, 0) is 49.5 Å². The van der Waals surface area contributed by atoms with E-state index in [2.05, 4.69) is 21.4 Å². The Balaban J connectivity index is 1.56. The molecule has 3 rings (SSSR count). The van der Waals surface area contributed by atoms with Gasteiger partial charge in [-0.3, -0.25) is 0 Å². The molecule has 1 aliphatic carbocycles. The molecular weight excluding hydrogens is 250 g/mol. The molecule has 1 aromatic heterocycles. The van der Waals surface area contributed by atoms with E-state index in [1.54, 1.807) is 0 Å². The molecule has 0 aromatic carbocycles. The topological polar surface area (TPSA) is 49.2 Å². The molecule has 0 spiro atoms. The predicted octanol–water partition coefficient (Wildman–Crippen LogP) is 2.35. The van der Waals surface area contributed by atoms with Crippen molar-refractivity contribution < 1.29 is 5.11 Å². The fourth-order valence-electron chi connectivity index (χ4n) is 3.29. The highest BCUT2D eigenvalue weighted by Crippen LogP contribution is 2.47. The fourth-order valence-corrected chi connectivity index (χ4v) is 3.29. The van der Waals surface area contributed by atoms with Gasteiger partial charge in [-0.1, -0.05) is 6.58 Å². The summed E-state index contributed by atoms with van der Waals surface area (Å²) in [6, 6.07) is 0. The van der Waals surface area contributed by atoms with Crippen molar-refractivity contribution in [3.05, 3.63) is 24.5 Å². The third-order valence-electron chi connectivity index (χ3n) is 4.77. The average molecular weight is 273 g/mol. The van der Waals surface area contributed by atoms with Crippen LogP contribution in [0.3, 0.4) is 0 Å². The first kappa shape index (κ1) is 13.6. The van der Waals surface area contributed by atoms with Crippen LogP contribution >= 0.6 is 0 Å². The predicted molar refractivity (Wildman–Crippen MR) is 80.4 cm³/mol. The van der Waals surface area contributed by atoms with Crippen molar-refractivity contribution in [1.82, 2.24) is 9.97 Å². The second-order valence-corrected chi connectivity index (χ2v) is 6.22.